The summed E-state index contributed by atoms with van der Waals surface area (Å²) in [6.45, 7) is 14.4. The predicted molar refractivity (Wildman–Crippen MR) is 132 cm³/mol. The zero-order valence-corrected chi connectivity index (χ0v) is 20.7. The highest BCUT2D eigenvalue weighted by molar-refractivity contribution is 7.71. The third kappa shape index (κ3) is 4.79. The second kappa shape index (κ2) is 10.5. The van der Waals surface area contributed by atoms with Gasteiger partial charge in [0.1, 0.15) is 16.1 Å². The molecule has 31 heavy (non-hydrogen) atoms. The number of aromatic hydroxyl groups is 1. The molecule has 0 saturated carbocycles. The number of phenols is 1. The monoisotopic (exact) mass is 441 g/mol. The zero-order valence-electron chi connectivity index (χ0n) is 19.9. The molecule has 0 aliphatic rings. The van der Waals surface area contributed by atoms with E-state index in [0.717, 1.165) is 50.7 Å². The molecule has 0 aliphatic carbocycles. The lowest BCUT2D eigenvalue weighted by Crippen LogP contribution is -2.34. The second-order valence-electron chi connectivity index (χ2n) is 7.50. The van der Waals surface area contributed by atoms with Crippen LogP contribution in [-0.4, -0.2) is 27.0 Å². The van der Waals surface area contributed by atoms with Gasteiger partial charge in [-0.05, 0) is 63.5 Å². The summed E-state index contributed by atoms with van der Waals surface area (Å²) in [5, 5.41) is 18.8. The topological polar surface area (TPSA) is 66.0 Å². The molecule has 2 heterocycles. The molecule has 0 bridgehead atoms. The van der Waals surface area contributed by atoms with Crippen LogP contribution in [0.4, 0.5) is 0 Å². The minimum Gasteiger partial charge on any atom is -0.507 e. The highest BCUT2D eigenvalue weighted by atomic mass is 32.1. The summed E-state index contributed by atoms with van der Waals surface area (Å²) in [6, 6.07) is 8.07. The van der Waals surface area contributed by atoms with E-state index >= 15 is 0 Å². The van der Waals surface area contributed by atoms with Crippen molar-refractivity contribution >= 4 is 23.6 Å². The smallest absolute Gasteiger partial charge is 0.127 e. The van der Waals surface area contributed by atoms with Crippen molar-refractivity contribution in [3.05, 3.63) is 56.8 Å². The second-order valence-corrected chi connectivity index (χ2v) is 7.91. The number of methoxy groups -OCH3 is 1. The van der Waals surface area contributed by atoms with Crippen molar-refractivity contribution in [3.63, 3.8) is 0 Å². The molecular weight excluding hydrogens is 406 g/mol. The largest absolute Gasteiger partial charge is 0.507 e. The standard InChI is InChI=1S/C23H29N3O2S.C2H6/c1-7-16-8-9-19(27)18(12-16)21-20(23(29)25-24-21)14(4)17-10-11-26(13(2)3)22(17)15(5)28-6;1-2/h8-13,27H,7H2,1-6H3,(H2,24,25,29);1-2H3/b17-14+,22-15-;. The van der Waals surface area contributed by atoms with Gasteiger partial charge in [-0.1, -0.05) is 39.1 Å². The number of rotatable bonds is 5. The summed E-state index contributed by atoms with van der Waals surface area (Å²) in [5.41, 5.74) is 4.59. The number of hydrogen-bond acceptors (Lipinski definition) is 3. The van der Waals surface area contributed by atoms with E-state index in [1.165, 1.54) is 0 Å². The van der Waals surface area contributed by atoms with Crippen molar-refractivity contribution in [2.24, 2.45) is 0 Å². The van der Waals surface area contributed by atoms with E-state index < -0.39 is 0 Å². The Morgan fingerprint density at radius 3 is 2.42 bits per heavy atom. The summed E-state index contributed by atoms with van der Waals surface area (Å²) in [4.78, 5) is 0. The fourth-order valence-electron chi connectivity index (χ4n) is 3.70. The number of aromatic amines is 2. The Bertz CT molecular complexity index is 1210. The van der Waals surface area contributed by atoms with Crippen LogP contribution in [0.5, 0.6) is 5.75 Å². The van der Waals surface area contributed by atoms with Crippen LogP contribution in [0.1, 0.15) is 65.6 Å². The van der Waals surface area contributed by atoms with E-state index in [0.29, 0.717) is 10.7 Å². The molecule has 0 spiro atoms. The molecule has 0 aliphatic heterocycles. The molecule has 0 fully saturated rings. The lowest BCUT2D eigenvalue weighted by atomic mass is 9.98. The van der Waals surface area contributed by atoms with Crippen LogP contribution < -0.4 is 10.6 Å². The normalized spacial score (nSPS) is 12.9. The van der Waals surface area contributed by atoms with Crippen molar-refractivity contribution < 1.29 is 9.84 Å². The molecule has 2 aromatic heterocycles. The molecule has 1 aromatic carbocycles. The van der Waals surface area contributed by atoms with Crippen molar-refractivity contribution in [2.45, 2.75) is 60.9 Å². The van der Waals surface area contributed by atoms with Crippen molar-refractivity contribution in [1.29, 1.82) is 0 Å². The maximum atomic E-state index is 10.5. The number of aryl methyl sites for hydroxylation is 1. The van der Waals surface area contributed by atoms with Gasteiger partial charge in [0.15, 0.2) is 0 Å². The predicted octanol–water partition coefficient (Wildman–Crippen LogP) is 5.41. The molecule has 0 unspecified atom stereocenters. The van der Waals surface area contributed by atoms with Crippen molar-refractivity contribution in [2.75, 3.05) is 7.11 Å². The van der Waals surface area contributed by atoms with E-state index in [4.69, 9.17) is 17.0 Å². The van der Waals surface area contributed by atoms with E-state index in [1.54, 1.807) is 13.2 Å². The van der Waals surface area contributed by atoms with Crippen LogP contribution in [0.15, 0.2) is 30.5 Å². The fourth-order valence-corrected chi connectivity index (χ4v) is 4.01. The van der Waals surface area contributed by atoms with E-state index in [9.17, 15) is 5.11 Å². The number of aromatic nitrogens is 3. The number of phenolic OH excluding ortho intramolecular Hbond substituents is 1. The molecule has 168 valence electrons. The number of ether oxygens (including phenoxy) is 1. The first-order valence-electron chi connectivity index (χ1n) is 10.9. The molecule has 0 amide bonds. The van der Waals surface area contributed by atoms with Crippen LogP contribution in [0.3, 0.4) is 0 Å². The zero-order chi connectivity index (χ0) is 23.3. The summed E-state index contributed by atoms with van der Waals surface area (Å²) in [7, 11) is 1.69. The number of H-pyrrole nitrogens is 2. The Labute approximate surface area is 190 Å². The number of hydrogen-bond donors (Lipinski definition) is 3. The fraction of sp³-hybridized carbons (Fsp3) is 0.400. The van der Waals surface area contributed by atoms with Gasteiger partial charge in [-0.2, -0.15) is 0 Å². The first kappa shape index (κ1) is 24.5. The molecule has 3 aromatic rings. The van der Waals surface area contributed by atoms with Crippen LogP contribution in [0.25, 0.3) is 22.6 Å². The van der Waals surface area contributed by atoms with Crippen LogP contribution in [0.2, 0.25) is 0 Å². The highest BCUT2D eigenvalue weighted by Crippen LogP contribution is 2.33. The molecule has 6 heteroatoms. The first-order chi connectivity index (χ1) is 14.8. The maximum Gasteiger partial charge on any atom is 0.127 e. The Kier molecular flexibility index (Phi) is 8.34. The Balaban J connectivity index is 0.00000166. The number of nitrogens with one attached hydrogen (secondary N) is 2. The number of benzene rings is 1. The molecule has 0 radical (unpaired) electrons. The van der Waals surface area contributed by atoms with Gasteiger partial charge in [0.05, 0.1) is 18.2 Å². The summed E-state index contributed by atoms with van der Waals surface area (Å²) in [5.74, 6) is 1.07. The minimum atomic E-state index is 0.223. The molecule has 0 saturated heterocycles. The average molecular weight is 442 g/mol. The quantitative estimate of drug-likeness (QED) is 0.464. The van der Waals surface area contributed by atoms with Gasteiger partial charge in [-0.3, -0.25) is 10.2 Å². The molecule has 3 rings (SSSR count). The van der Waals surface area contributed by atoms with E-state index in [-0.39, 0.29) is 5.75 Å². The van der Waals surface area contributed by atoms with Gasteiger partial charge in [0.25, 0.3) is 0 Å². The SMILES string of the molecule is CC.CCc1ccc(O)c(-c2[nH][nH]c(=S)c2/C(C)=c2\ccn(C(C)C)\c2=C(\C)OC)c1. The van der Waals surface area contributed by atoms with Gasteiger partial charge in [0, 0.05) is 28.6 Å². The minimum absolute atomic E-state index is 0.223. The molecule has 0 atom stereocenters. The van der Waals surface area contributed by atoms with Gasteiger partial charge >= 0.3 is 0 Å². The van der Waals surface area contributed by atoms with Gasteiger partial charge in [-0.15, -0.1) is 0 Å². The average Bonchev–Trinajstić information content (AvgIpc) is 3.38. The van der Waals surface area contributed by atoms with E-state index in [2.05, 4.69) is 54.7 Å². The first-order valence-corrected chi connectivity index (χ1v) is 11.3. The van der Waals surface area contributed by atoms with Crippen LogP contribution >= 0.6 is 12.2 Å². The summed E-state index contributed by atoms with van der Waals surface area (Å²) < 4.78 is 8.40. The van der Waals surface area contributed by atoms with Gasteiger partial charge < -0.3 is 14.4 Å². The van der Waals surface area contributed by atoms with Crippen LogP contribution in [-0.2, 0) is 11.2 Å². The Morgan fingerprint density at radius 2 is 1.84 bits per heavy atom. The van der Waals surface area contributed by atoms with Gasteiger partial charge in [0.2, 0.25) is 0 Å². The van der Waals surface area contributed by atoms with Crippen molar-refractivity contribution in [3.8, 4) is 17.0 Å². The lowest BCUT2D eigenvalue weighted by molar-refractivity contribution is 0.356. The Morgan fingerprint density at radius 1 is 1.16 bits per heavy atom. The summed E-state index contributed by atoms with van der Waals surface area (Å²) >= 11 is 5.62. The van der Waals surface area contributed by atoms with E-state index in [1.807, 2.05) is 32.9 Å². The molecule has 5 nitrogen and oxygen atoms in total. The van der Waals surface area contributed by atoms with Crippen molar-refractivity contribution in [1.82, 2.24) is 14.8 Å². The lowest BCUT2D eigenvalue weighted by Gasteiger charge is -2.11. The molecule has 3 N–H and O–H groups in total. The molecular formula is C25H35N3O2S. The highest BCUT2D eigenvalue weighted by Gasteiger charge is 2.17. The number of nitrogens with zero attached hydrogens (tertiary/aromatic N) is 1. The Hall–Kier alpha value is -2.73. The third-order valence-electron chi connectivity index (χ3n) is 5.41. The third-order valence-corrected chi connectivity index (χ3v) is 5.71. The van der Waals surface area contributed by atoms with Crippen LogP contribution in [0, 0.1) is 4.64 Å². The van der Waals surface area contributed by atoms with Gasteiger partial charge in [-0.25, -0.2) is 0 Å². The maximum absolute atomic E-state index is 10.5. The summed E-state index contributed by atoms with van der Waals surface area (Å²) in [6.07, 6.45) is 2.97.